The quantitative estimate of drug-likeness (QED) is 0.442. The first-order chi connectivity index (χ1) is 9.63. The fraction of sp³-hybridized carbons (Fsp3) is 0.0833. The number of benzene rings is 1. The summed E-state index contributed by atoms with van der Waals surface area (Å²) < 4.78 is 0. The van der Waals surface area contributed by atoms with Gasteiger partial charge in [-0.3, -0.25) is 20.8 Å². The van der Waals surface area contributed by atoms with Gasteiger partial charge in [0.25, 0.3) is 11.6 Å². The molecule has 0 aliphatic heterocycles. The van der Waals surface area contributed by atoms with E-state index >= 15 is 0 Å². The number of nitro benzene ring substituents is 1. The predicted molar refractivity (Wildman–Crippen MR) is 76.4 cm³/mol. The molecule has 0 aliphatic carbocycles. The van der Waals surface area contributed by atoms with Gasteiger partial charge in [0.2, 0.25) is 0 Å². The van der Waals surface area contributed by atoms with Crippen LogP contribution in [0.4, 0.5) is 11.4 Å². The lowest BCUT2D eigenvalue weighted by Gasteiger charge is -2.09. The number of thiophene rings is 1. The monoisotopic (exact) mass is 292 g/mol. The van der Waals surface area contributed by atoms with Crippen molar-refractivity contribution < 1.29 is 9.72 Å². The molecule has 104 valence electrons. The van der Waals surface area contributed by atoms with Gasteiger partial charge < -0.3 is 10.7 Å². The number of nitro groups is 1. The minimum atomic E-state index is -0.592. The summed E-state index contributed by atoms with van der Waals surface area (Å²) in [6.45, 7) is 0.356. The number of nitrogen functional groups attached to an aromatic ring is 1. The van der Waals surface area contributed by atoms with Gasteiger partial charge >= 0.3 is 0 Å². The first-order valence-corrected chi connectivity index (χ1v) is 6.61. The highest BCUT2D eigenvalue weighted by Crippen LogP contribution is 2.27. The molecule has 0 atom stereocenters. The fourth-order valence-electron chi connectivity index (χ4n) is 1.70. The Morgan fingerprint density at radius 1 is 1.40 bits per heavy atom. The average molecular weight is 292 g/mol. The zero-order valence-corrected chi connectivity index (χ0v) is 11.1. The maximum Gasteiger partial charge on any atom is 0.294 e. The van der Waals surface area contributed by atoms with Gasteiger partial charge in [-0.15, -0.1) is 0 Å². The SMILES string of the molecule is NNc1c(C(=O)NCc2ccsc2)cccc1[N+](=O)[O-]. The van der Waals surface area contributed by atoms with Crippen molar-refractivity contribution in [1.82, 2.24) is 5.32 Å². The number of hydrazine groups is 1. The molecule has 1 aromatic carbocycles. The highest BCUT2D eigenvalue weighted by Gasteiger charge is 2.20. The van der Waals surface area contributed by atoms with E-state index in [0.29, 0.717) is 6.54 Å². The number of carbonyl (C=O) groups is 1. The second-order valence-electron chi connectivity index (χ2n) is 3.92. The summed E-state index contributed by atoms with van der Waals surface area (Å²) in [6, 6.07) is 6.09. The van der Waals surface area contributed by atoms with Crippen LogP contribution in [0.25, 0.3) is 0 Å². The summed E-state index contributed by atoms with van der Waals surface area (Å²) in [5.74, 6) is 4.86. The Morgan fingerprint density at radius 3 is 2.80 bits per heavy atom. The zero-order valence-electron chi connectivity index (χ0n) is 10.3. The van der Waals surface area contributed by atoms with Crippen molar-refractivity contribution >= 4 is 28.6 Å². The molecular weight excluding hydrogens is 280 g/mol. The molecule has 0 saturated carbocycles. The van der Waals surface area contributed by atoms with Gasteiger partial charge in [0, 0.05) is 12.6 Å². The number of hydrogen-bond acceptors (Lipinski definition) is 6. The number of hydrogen-bond donors (Lipinski definition) is 3. The van der Waals surface area contributed by atoms with Crippen LogP contribution >= 0.6 is 11.3 Å². The van der Waals surface area contributed by atoms with Crippen LogP contribution in [0.2, 0.25) is 0 Å². The molecule has 2 rings (SSSR count). The molecule has 0 spiro atoms. The number of nitrogens with two attached hydrogens (primary N) is 1. The predicted octanol–water partition coefficient (Wildman–Crippen LogP) is 1.87. The molecule has 1 heterocycles. The molecule has 0 radical (unpaired) electrons. The van der Waals surface area contributed by atoms with Crippen LogP contribution in [-0.2, 0) is 6.54 Å². The Bertz CT molecular complexity index is 628. The van der Waals surface area contributed by atoms with E-state index in [0.717, 1.165) is 5.56 Å². The van der Waals surface area contributed by atoms with E-state index < -0.39 is 10.8 Å². The third-order valence-electron chi connectivity index (χ3n) is 2.66. The number of rotatable bonds is 5. The number of nitrogens with one attached hydrogen (secondary N) is 2. The Balaban J connectivity index is 2.21. The number of amides is 1. The molecule has 8 heteroatoms. The van der Waals surface area contributed by atoms with E-state index in [1.54, 1.807) is 0 Å². The second kappa shape index (κ2) is 6.13. The van der Waals surface area contributed by atoms with Gasteiger partial charge in [-0.1, -0.05) is 6.07 Å². The Kier molecular flexibility index (Phi) is 4.28. The third-order valence-corrected chi connectivity index (χ3v) is 3.39. The first-order valence-electron chi connectivity index (χ1n) is 5.66. The maximum atomic E-state index is 12.1. The summed E-state index contributed by atoms with van der Waals surface area (Å²) in [7, 11) is 0. The molecule has 0 fully saturated rings. The van der Waals surface area contributed by atoms with E-state index in [2.05, 4.69) is 10.7 Å². The van der Waals surface area contributed by atoms with Gasteiger partial charge in [-0.05, 0) is 28.5 Å². The van der Waals surface area contributed by atoms with Crippen molar-refractivity contribution in [2.24, 2.45) is 5.84 Å². The molecule has 20 heavy (non-hydrogen) atoms. The molecule has 0 aliphatic rings. The minimum Gasteiger partial charge on any atom is -0.348 e. The van der Waals surface area contributed by atoms with Crippen molar-refractivity contribution in [2.45, 2.75) is 6.54 Å². The second-order valence-corrected chi connectivity index (χ2v) is 4.70. The summed E-state index contributed by atoms with van der Waals surface area (Å²) in [5.41, 5.74) is 3.08. The van der Waals surface area contributed by atoms with Crippen LogP contribution in [0.1, 0.15) is 15.9 Å². The molecule has 0 unspecified atom stereocenters. The number of carbonyl (C=O) groups excluding carboxylic acids is 1. The van der Waals surface area contributed by atoms with Crippen LogP contribution in [-0.4, -0.2) is 10.8 Å². The highest BCUT2D eigenvalue weighted by atomic mass is 32.1. The van der Waals surface area contributed by atoms with Crippen LogP contribution in [0.3, 0.4) is 0 Å². The molecule has 1 amide bonds. The lowest BCUT2D eigenvalue weighted by molar-refractivity contribution is -0.384. The van der Waals surface area contributed by atoms with Crippen molar-refractivity contribution in [3.8, 4) is 0 Å². The van der Waals surface area contributed by atoms with Gasteiger partial charge in [-0.25, -0.2) is 0 Å². The van der Waals surface area contributed by atoms with E-state index in [1.165, 1.54) is 29.5 Å². The van der Waals surface area contributed by atoms with Gasteiger partial charge in [0.05, 0.1) is 10.5 Å². The molecular formula is C12H12N4O3S. The van der Waals surface area contributed by atoms with Crippen molar-refractivity contribution in [2.75, 3.05) is 5.43 Å². The summed E-state index contributed by atoms with van der Waals surface area (Å²) >= 11 is 1.53. The van der Waals surface area contributed by atoms with E-state index in [4.69, 9.17) is 5.84 Å². The molecule has 7 nitrogen and oxygen atoms in total. The highest BCUT2D eigenvalue weighted by molar-refractivity contribution is 7.07. The molecule has 4 N–H and O–H groups in total. The smallest absolute Gasteiger partial charge is 0.294 e. The zero-order chi connectivity index (χ0) is 14.5. The Morgan fingerprint density at radius 2 is 2.20 bits per heavy atom. The minimum absolute atomic E-state index is 0.000295. The van der Waals surface area contributed by atoms with E-state index in [9.17, 15) is 14.9 Å². The van der Waals surface area contributed by atoms with Crippen LogP contribution in [0.15, 0.2) is 35.0 Å². The average Bonchev–Trinajstić information content (AvgIpc) is 2.97. The van der Waals surface area contributed by atoms with Gasteiger partial charge in [-0.2, -0.15) is 11.3 Å². The maximum absolute atomic E-state index is 12.1. The van der Waals surface area contributed by atoms with Crippen LogP contribution < -0.4 is 16.6 Å². The summed E-state index contributed by atoms with van der Waals surface area (Å²) in [5, 5.41) is 17.4. The standard InChI is InChI=1S/C12H12N4O3S/c13-15-11-9(2-1-3-10(11)16(18)19)12(17)14-6-8-4-5-20-7-8/h1-5,7,15H,6,13H2,(H,14,17). The third kappa shape index (κ3) is 2.92. The van der Waals surface area contributed by atoms with Gasteiger partial charge in [0.1, 0.15) is 5.69 Å². The largest absolute Gasteiger partial charge is 0.348 e. The fourth-order valence-corrected chi connectivity index (χ4v) is 2.37. The van der Waals surface area contributed by atoms with E-state index in [1.807, 2.05) is 16.8 Å². The topological polar surface area (TPSA) is 110 Å². The molecule has 1 aromatic heterocycles. The van der Waals surface area contributed by atoms with Crippen LogP contribution in [0.5, 0.6) is 0 Å². The van der Waals surface area contributed by atoms with Crippen molar-refractivity contribution in [3.63, 3.8) is 0 Å². The number of anilines is 1. The number of nitrogens with zero attached hydrogens (tertiary/aromatic N) is 1. The van der Waals surface area contributed by atoms with Crippen molar-refractivity contribution in [3.05, 3.63) is 56.3 Å². The summed E-state index contributed by atoms with van der Waals surface area (Å²) in [4.78, 5) is 22.4. The normalized spacial score (nSPS) is 10.1. The lowest BCUT2D eigenvalue weighted by Crippen LogP contribution is -2.25. The number of para-hydroxylation sites is 1. The van der Waals surface area contributed by atoms with Crippen LogP contribution in [0, 0.1) is 10.1 Å². The lowest BCUT2D eigenvalue weighted by atomic mass is 10.1. The van der Waals surface area contributed by atoms with Gasteiger partial charge in [0.15, 0.2) is 0 Å². The first kappa shape index (κ1) is 14.0. The Hall–Kier alpha value is -2.45. The summed E-state index contributed by atoms with van der Waals surface area (Å²) in [6.07, 6.45) is 0. The molecule has 0 saturated heterocycles. The molecule has 2 aromatic rings. The van der Waals surface area contributed by atoms with Crippen molar-refractivity contribution in [1.29, 1.82) is 0 Å². The molecule has 0 bridgehead atoms. The Labute approximate surface area is 118 Å². The van der Waals surface area contributed by atoms with E-state index in [-0.39, 0.29) is 16.9 Å².